The minimum atomic E-state index is -0.126. The van der Waals surface area contributed by atoms with Gasteiger partial charge in [0.1, 0.15) is 5.56 Å². The molecule has 1 aromatic heterocycles. The number of benzene rings is 1. The normalized spacial score (nSPS) is 14.6. The van der Waals surface area contributed by atoms with Crippen LogP contribution in [-0.4, -0.2) is 65.9 Å². The Kier molecular flexibility index (Phi) is 6.84. The molecule has 0 unspecified atom stereocenters. The van der Waals surface area contributed by atoms with Crippen LogP contribution in [0.5, 0.6) is 5.88 Å². The second-order valence-electron chi connectivity index (χ2n) is 6.39. The Hall–Kier alpha value is -2.64. The van der Waals surface area contributed by atoms with Crippen molar-refractivity contribution in [3.63, 3.8) is 0 Å². The highest BCUT2D eigenvalue weighted by Gasteiger charge is 2.25. The monoisotopic (exact) mass is 402 g/mol. The van der Waals surface area contributed by atoms with Crippen molar-refractivity contribution in [2.24, 2.45) is 0 Å². The Morgan fingerprint density at radius 1 is 1.14 bits per heavy atom. The van der Waals surface area contributed by atoms with Gasteiger partial charge >= 0.3 is 0 Å². The molecule has 2 aromatic rings. The number of nitrogens with zero attached hydrogens (tertiary/aromatic N) is 3. The van der Waals surface area contributed by atoms with E-state index in [2.05, 4.69) is 10.3 Å². The molecule has 1 fully saturated rings. The zero-order valence-electron chi connectivity index (χ0n) is 15.7. The number of para-hydroxylation sites is 1. The highest BCUT2D eigenvalue weighted by molar-refractivity contribution is 6.33. The number of piperazine rings is 1. The zero-order chi connectivity index (χ0) is 19.9. The first kappa shape index (κ1) is 20.1. The topological polar surface area (TPSA) is 74.8 Å². The molecule has 0 saturated carbocycles. The van der Waals surface area contributed by atoms with Crippen LogP contribution in [-0.2, 0) is 4.79 Å². The van der Waals surface area contributed by atoms with Gasteiger partial charge in [-0.1, -0.05) is 23.7 Å². The van der Waals surface area contributed by atoms with Gasteiger partial charge in [-0.2, -0.15) is 0 Å². The zero-order valence-corrected chi connectivity index (χ0v) is 16.5. The molecule has 0 atom stereocenters. The van der Waals surface area contributed by atoms with Crippen molar-refractivity contribution in [3.05, 3.63) is 53.2 Å². The fourth-order valence-corrected chi connectivity index (χ4v) is 3.22. The van der Waals surface area contributed by atoms with Gasteiger partial charge < -0.3 is 15.0 Å². The van der Waals surface area contributed by atoms with E-state index in [0.29, 0.717) is 54.9 Å². The van der Waals surface area contributed by atoms with Crippen molar-refractivity contribution in [2.45, 2.75) is 6.92 Å². The third-order valence-electron chi connectivity index (χ3n) is 4.46. The molecule has 1 saturated heterocycles. The van der Waals surface area contributed by atoms with E-state index in [4.69, 9.17) is 16.3 Å². The molecule has 1 aromatic carbocycles. The minimum absolute atomic E-state index is 0.100. The van der Waals surface area contributed by atoms with Crippen LogP contribution in [0.15, 0.2) is 42.6 Å². The molecule has 1 N–H and O–H groups in total. The minimum Gasteiger partial charge on any atom is -0.477 e. The first-order valence-electron chi connectivity index (χ1n) is 9.22. The molecule has 0 radical (unpaired) electrons. The number of rotatable bonds is 6. The van der Waals surface area contributed by atoms with Crippen molar-refractivity contribution < 1.29 is 14.3 Å². The van der Waals surface area contributed by atoms with E-state index in [9.17, 15) is 9.59 Å². The van der Waals surface area contributed by atoms with Gasteiger partial charge in [-0.25, -0.2) is 4.98 Å². The number of aromatic nitrogens is 1. The molecule has 0 aliphatic carbocycles. The van der Waals surface area contributed by atoms with E-state index in [1.165, 1.54) is 0 Å². The number of carbonyl (C=O) groups is 2. The summed E-state index contributed by atoms with van der Waals surface area (Å²) in [5, 5.41) is 3.33. The third kappa shape index (κ3) is 4.99. The van der Waals surface area contributed by atoms with Gasteiger partial charge in [-0.15, -0.1) is 0 Å². The summed E-state index contributed by atoms with van der Waals surface area (Å²) in [5.74, 6) is 0.132. The molecule has 7 nitrogen and oxygen atoms in total. The van der Waals surface area contributed by atoms with Gasteiger partial charge in [0.05, 0.1) is 23.9 Å². The Labute approximate surface area is 169 Å². The number of carbonyl (C=O) groups excluding carboxylic acids is 2. The molecule has 8 heteroatoms. The maximum absolute atomic E-state index is 12.8. The number of ether oxygens (including phenoxy) is 1. The highest BCUT2D eigenvalue weighted by atomic mass is 35.5. The summed E-state index contributed by atoms with van der Waals surface area (Å²) in [6, 6.07) is 10.6. The van der Waals surface area contributed by atoms with Crippen LogP contribution in [0.25, 0.3) is 0 Å². The van der Waals surface area contributed by atoms with Crippen LogP contribution in [0.2, 0.25) is 5.02 Å². The first-order chi connectivity index (χ1) is 13.6. The molecule has 28 heavy (non-hydrogen) atoms. The van der Waals surface area contributed by atoms with Crippen molar-refractivity contribution in [2.75, 3.05) is 44.6 Å². The van der Waals surface area contributed by atoms with Gasteiger partial charge in [0.25, 0.3) is 5.91 Å². The Morgan fingerprint density at radius 3 is 2.61 bits per heavy atom. The second-order valence-corrected chi connectivity index (χ2v) is 6.79. The molecule has 2 amide bonds. The third-order valence-corrected chi connectivity index (χ3v) is 4.79. The van der Waals surface area contributed by atoms with E-state index in [0.717, 1.165) is 0 Å². The first-order valence-corrected chi connectivity index (χ1v) is 9.60. The van der Waals surface area contributed by atoms with Crippen LogP contribution in [0.3, 0.4) is 0 Å². The summed E-state index contributed by atoms with van der Waals surface area (Å²) in [7, 11) is 0. The maximum atomic E-state index is 12.8. The fourth-order valence-electron chi connectivity index (χ4n) is 3.04. The molecule has 2 heterocycles. The quantitative estimate of drug-likeness (QED) is 0.803. The largest absolute Gasteiger partial charge is 0.477 e. The maximum Gasteiger partial charge on any atom is 0.259 e. The van der Waals surface area contributed by atoms with E-state index < -0.39 is 0 Å². The van der Waals surface area contributed by atoms with Crippen molar-refractivity contribution in [1.29, 1.82) is 0 Å². The lowest BCUT2D eigenvalue weighted by molar-refractivity contribution is -0.117. The summed E-state index contributed by atoms with van der Waals surface area (Å²) in [5.41, 5.74) is 1.07. The number of halogens is 1. The fraction of sp³-hybridized carbons (Fsp3) is 0.350. The van der Waals surface area contributed by atoms with Gasteiger partial charge in [-0.3, -0.25) is 14.5 Å². The molecular weight excluding hydrogens is 380 g/mol. The number of nitrogens with one attached hydrogen (secondary N) is 1. The average molecular weight is 403 g/mol. The Morgan fingerprint density at radius 2 is 1.89 bits per heavy atom. The standard InChI is InChI=1S/C20H23ClN4O3/c1-2-28-19-15(6-5-9-22-19)20(27)25-12-10-24(11-13-25)14-18(26)23-17-8-4-3-7-16(17)21/h3-9H,2,10-14H2,1H3,(H,23,26). The number of amides is 2. The van der Waals surface area contributed by atoms with E-state index >= 15 is 0 Å². The van der Waals surface area contributed by atoms with Crippen LogP contribution in [0, 0.1) is 0 Å². The van der Waals surface area contributed by atoms with E-state index in [-0.39, 0.29) is 18.4 Å². The van der Waals surface area contributed by atoms with Gasteiger partial charge in [0.15, 0.2) is 0 Å². The predicted octanol–water partition coefficient (Wildman–Crippen LogP) is 2.53. The smallest absolute Gasteiger partial charge is 0.259 e. The molecule has 1 aliphatic heterocycles. The van der Waals surface area contributed by atoms with Crippen LogP contribution >= 0.6 is 11.6 Å². The molecule has 0 bridgehead atoms. The number of hydrogen-bond donors (Lipinski definition) is 1. The SMILES string of the molecule is CCOc1ncccc1C(=O)N1CCN(CC(=O)Nc2ccccc2Cl)CC1. The summed E-state index contributed by atoms with van der Waals surface area (Å²) in [6.07, 6.45) is 1.61. The van der Waals surface area contributed by atoms with Crippen LogP contribution in [0.4, 0.5) is 5.69 Å². The lowest BCUT2D eigenvalue weighted by atomic mass is 10.2. The molecule has 3 rings (SSSR count). The Bertz CT molecular complexity index is 838. The molecular formula is C20H23ClN4O3. The Balaban J connectivity index is 1.52. The van der Waals surface area contributed by atoms with Crippen molar-refractivity contribution in [1.82, 2.24) is 14.8 Å². The highest BCUT2D eigenvalue weighted by Crippen LogP contribution is 2.21. The summed E-state index contributed by atoms with van der Waals surface area (Å²) in [4.78, 5) is 33.0. The van der Waals surface area contributed by atoms with Crippen molar-refractivity contribution >= 4 is 29.1 Å². The second kappa shape index (κ2) is 9.52. The lowest BCUT2D eigenvalue weighted by Crippen LogP contribution is -2.50. The van der Waals surface area contributed by atoms with Crippen molar-refractivity contribution in [3.8, 4) is 5.88 Å². The van der Waals surface area contributed by atoms with Gasteiger partial charge in [0, 0.05) is 32.4 Å². The number of anilines is 1. The summed E-state index contributed by atoms with van der Waals surface area (Å²) < 4.78 is 5.46. The van der Waals surface area contributed by atoms with Gasteiger partial charge in [0.2, 0.25) is 11.8 Å². The van der Waals surface area contributed by atoms with Crippen LogP contribution in [0.1, 0.15) is 17.3 Å². The average Bonchev–Trinajstić information content (AvgIpc) is 2.70. The van der Waals surface area contributed by atoms with E-state index in [1.807, 2.05) is 24.0 Å². The lowest BCUT2D eigenvalue weighted by Gasteiger charge is -2.34. The molecule has 148 valence electrons. The van der Waals surface area contributed by atoms with Gasteiger partial charge in [-0.05, 0) is 31.2 Å². The summed E-state index contributed by atoms with van der Waals surface area (Å²) >= 11 is 6.07. The molecule has 0 spiro atoms. The number of hydrogen-bond acceptors (Lipinski definition) is 5. The van der Waals surface area contributed by atoms with E-state index in [1.54, 1.807) is 35.4 Å². The summed E-state index contributed by atoms with van der Waals surface area (Å²) in [6.45, 7) is 4.88. The molecule has 1 aliphatic rings. The number of pyridine rings is 1. The van der Waals surface area contributed by atoms with Crippen LogP contribution < -0.4 is 10.1 Å². The predicted molar refractivity (Wildman–Crippen MR) is 108 cm³/mol.